The third-order valence-corrected chi connectivity index (χ3v) is 3.37. The Bertz CT molecular complexity index is 619. The van der Waals surface area contributed by atoms with Crippen LogP contribution in [0.2, 0.25) is 0 Å². The maximum atomic E-state index is 12.3. The van der Waals surface area contributed by atoms with Gasteiger partial charge in [0.1, 0.15) is 0 Å². The molecule has 1 aromatic heterocycles. The van der Waals surface area contributed by atoms with Crippen LogP contribution in [0.5, 0.6) is 0 Å². The molecule has 4 nitrogen and oxygen atoms in total. The van der Waals surface area contributed by atoms with E-state index in [1.54, 1.807) is 17.0 Å². The lowest BCUT2D eigenvalue weighted by molar-refractivity contribution is 0.353. The molecule has 17 heavy (non-hydrogen) atoms. The summed E-state index contributed by atoms with van der Waals surface area (Å²) in [7, 11) is 0. The van der Waals surface area contributed by atoms with Gasteiger partial charge in [0.2, 0.25) is 0 Å². The Kier molecular flexibility index (Phi) is 3.05. The van der Waals surface area contributed by atoms with Crippen LogP contribution in [0.1, 0.15) is 13.8 Å². The molecule has 0 saturated carbocycles. The summed E-state index contributed by atoms with van der Waals surface area (Å²) in [6.45, 7) is 4.22. The van der Waals surface area contributed by atoms with Crippen molar-refractivity contribution in [2.75, 3.05) is 6.54 Å². The predicted octanol–water partition coefficient (Wildman–Crippen LogP) is 1.85. The Hall–Kier alpha value is -1.20. The minimum Gasteiger partial charge on any atom is -0.328 e. The third kappa shape index (κ3) is 2.12. The zero-order valence-corrected chi connectivity index (χ0v) is 11.4. The zero-order chi connectivity index (χ0) is 12.6. The highest BCUT2D eigenvalue weighted by Gasteiger charge is 2.20. The van der Waals surface area contributed by atoms with Crippen LogP contribution < -0.4 is 11.3 Å². The molecule has 0 spiro atoms. The Labute approximate surface area is 108 Å². The van der Waals surface area contributed by atoms with Gasteiger partial charge in [-0.25, -0.2) is 4.98 Å². The molecule has 0 atom stereocenters. The number of hydrogen-bond acceptors (Lipinski definition) is 3. The lowest BCUT2D eigenvalue weighted by atomic mass is 10.1. The van der Waals surface area contributed by atoms with Gasteiger partial charge in [0, 0.05) is 11.0 Å². The van der Waals surface area contributed by atoms with Gasteiger partial charge in [0.25, 0.3) is 5.56 Å². The maximum absolute atomic E-state index is 12.3. The topological polar surface area (TPSA) is 60.9 Å². The van der Waals surface area contributed by atoms with E-state index in [1.807, 2.05) is 26.0 Å². The summed E-state index contributed by atoms with van der Waals surface area (Å²) in [6, 6.07) is 5.47. The highest BCUT2D eigenvalue weighted by Crippen LogP contribution is 2.17. The van der Waals surface area contributed by atoms with Crippen molar-refractivity contribution in [3.8, 4) is 0 Å². The summed E-state index contributed by atoms with van der Waals surface area (Å²) in [5, 5.41) is 0.600. The minimum absolute atomic E-state index is 0.0632. The molecule has 0 saturated heterocycles. The number of aromatic nitrogens is 2. The maximum Gasteiger partial charge on any atom is 0.261 e. The summed E-state index contributed by atoms with van der Waals surface area (Å²) >= 11 is 3.36. The first-order chi connectivity index (χ1) is 7.95. The number of halogens is 1. The summed E-state index contributed by atoms with van der Waals surface area (Å²) in [6.07, 6.45) is 1.56. The standard InChI is InChI=1S/C12H14BrN3O/c1-12(2,6-14)16-7-15-10-4-3-8(13)5-9(10)11(16)17/h3-5,7H,6,14H2,1-2H3. The molecule has 0 unspecified atom stereocenters. The number of nitrogens with zero attached hydrogens (tertiary/aromatic N) is 2. The van der Waals surface area contributed by atoms with Crippen molar-refractivity contribution in [2.45, 2.75) is 19.4 Å². The first-order valence-corrected chi connectivity index (χ1v) is 6.12. The Morgan fingerprint density at radius 3 is 2.82 bits per heavy atom. The molecule has 0 amide bonds. The lowest BCUT2D eigenvalue weighted by Crippen LogP contribution is -2.42. The van der Waals surface area contributed by atoms with E-state index in [-0.39, 0.29) is 5.56 Å². The van der Waals surface area contributed by atoms with Crippen LogP contribution in [0, 0.1) is 0 Å². The molecule has 0 radical (unpaired) electrons. The van der Waals surface area contributed by atoms with E-state index in [0.29, 0.717) is 17.4 Å². The van der Waals surface area contributed by atoms with Crippen molar-refractivity contribution in [1.29, 1.82) is 0 Å². The summed E-state index contributed by atoms with van der Waals surface area (Å²) in [4.78, 5) is 16.6. The highest BCUT2D eigenvalue weighted by atomic mass is 79.9. The van der Waals surface area contributed by atoms with E-state index in [4.69, 9.17) is 5.73 Å². The van der Waals surface area contributed by atoms with Crippen LogP contribution in [0.15, 0.2) is 33.8 Å². The van der Waals surface area contributed by atoms with Gasteiger partial charge in [-0.3, -0.25) is 9.36 Å². The van der Waals surface area contributed by atoms with Crippen molar-refractivity contribution < 1.29 is 0 Å². The van der Waals surface area contributed by atoms with Crippen molar-refractivity contribution in [2.24, 2.45) is 5.73 Å². The summed E-state index contributed by atoms with van der Waals surface area (Å²) in [5.41, 5.74) is 5.89. The van der Waals surface area contributed by atoms with Crippen LogP contribution in [0.3, 0.4) is 0 Å². The molecule has 2 rings (SSSR count). The number of benzene rings is 1. The monoisotopic (exact) mass is 295 g/mol. The fraction of sp³-hybridized carbons (Fsp3) is 0.333. The van der Waals surface area contributed by atoms with E-state index in [2.05, 4.69) is 20.9 Å². The van der Waals surface area contributed by atoms with Gasteiger partial charge < -0.3 is 5.73 Å². The van der Waals surface area contributed by atoms with E-state index in [0.717, 1.165) is 4.47 Å². The van der Waals surface area contributed by atoms with E-state index in [1.165, 1.54) is 0 Å². The normalized spacial score (nSPS) is 12.0. The SMILES string of the molecule is CC(C)(CN)n1cnc2ccc(Br)cc2c1=O. The lowest BCUT2D eigenvalue weighted by Gasteiger charge is -2.25. The molecule has 0 bridgehead atoms. The number of nitrogens with two attached hydrogens (primary N) is 1. The smallest absolute Gasteiger partial charge is 0.261 e. The van der Waals surface area contributed by atoms with Crippen LogP contribution in [-0.2, 0) is 5.54 Å². The summed E-state index contributed by atoms with van der Waals surface area (Å²) < 4.78 is 2.45. The highest BCUT2D eigenvalue weighted by molar-refractivity contribution is 9.10. The third-order valence-electron chi connectivity index (χ3n) is 2.87. The second-order valence-corrected chi connectivity index (χ2v) is 5.51. The number of hydrogen-bond donors (Lipinski definition) is 1. The molecular weight excluding hydrogens is 282 g/mol. The van der Waals surface area contributed by atoms with Crippen molar-refractivity contribution in [1.82, 2.24) is 9.55 Å². The predicted molar refractivity (Wildman–Crippen MR) is 72.1 cm³/mol. The molecular formula is C12H14BrN3O. The fourth-order valence-corrected chi connectivity index (χ4v) is 1.98. The van der Waals surface area contributed by atoms with Crippen molar-refractivity contribution >= 4 is 26.8 Å². The Balaban J connectivity index is 2.78. The average Bonchev–Trinajstić information content (AvgIpc) is 2.30. The molecule has 0 fully saturated rings. The Morgan fingerprint density at radius 2 is 2.18 bits per heavy atom. The van der Waals surface area contributed by atoms with Crippen LogP contribution >= 0.6 is 15.9 Å². The van der Waals surface area contributed by atoms with Gasteiger partial charge in [0.15, 0.2) is 0 Å². The Morgan fingerprint density at radius 1 is 1.47 bits per heavy atom. The fourth-order valence-electron chi connectivity index (χ4n) is 1.62. The molecule has 90 valence electrons. The van der Waals surface area contributed by atoms with Gasteiger partial charge >= 0.3 is 0 Å². The van der Waals surface area contributed by atoms with Crippen LogP contribution in [-0.4, -0.2) is 16.1 Å². The van der Waals surface area contributed by atoms with Gasteiger partial charge in [-0.1, -0.05) is 15.9 Å². The largest absolute Gasteiger partial charge is 0.328 e. The molecule has 0 aliphatic heterocycles. The minimum atomic E-state index is -0.430. The van der Waals surface area contributed by atoms with Crippen molar-refractivity contribution in [3.63, 3.8) is 0 Å². The van der Waals surface area contributed by atoms with Crippen LogP contribution in [0.4, 0.5) is 0 Å². The second kappa shape index (κ2) is 4.23. The first kappa shape index (κ1) is 12.3. The van der Waals surface area contributed by atoms with Gasteiger partial charge in [0.05, 0.1) is 22.8 Å². The molecule has 1 aromatic carbocycles. The summed E-state index contributed by atoms with van der Waals surface area (Å²) in [5.74, 6) is 0. The van der Waals surface area contributed by atoms with Crippen LogP contribution in [0.25, 0.3) is 10.9 Å². The van der Waals surface area contributed by atoms with E-state index >= 15 is 0 Å². The molecule has 2 aromatic rings. The van der Waals surface area contributed by atoms with Gasteiger partial charge in [-0.2, -0.15) is 0 Å². The number of fused-ring (bicyclic) bond motifs is 1. The first-order valence-electron chi connectivity index (χ1n) is 5.33. The second-order valence-electron chi connectivity index (χ2n) is 4.60. The quantitative estimate of drug-likeness (QED) is 0.920. The van der Waals surface area contributed by atoms with Gasteiger partial charge in [-0.15, -0.1) is 0 Å². The van der Waals surface area contributed by atoms with E-state index < -0.39 is 5.54 Å². The number of rotatable bonds is 2. The van der Waals surface area contributed by atoms with E-state index in [9.17, 15) is 4.79 Å². The molecule has 5 heteroatoms. The molecule has 2 N–H and O–H groups in total. The van der Waals surface area contributed by atoms with Crippen molar-refractivity contribution in [3.05, 3.63) is 39.4 Å². The zero-order valence-electron chi connectivity index (χ0n) is 9.77. The average molecular weight is 296 g/mol. The van der Waals surface area contributed by atoms with Gasteiger partial charge in [-0.05, 0) is 32.0 Å². The molecule has 0 aliphatic carbocycles. The molecule has 1 heterocycles. The molecule has 0 aliphatic rings.